The molecule has 0 atom stereocenters. The number of thiophene rings is 1. The molecule has 1 aromatic heterocycles. The minimum absolute atomic E-state index is 0.471. The first-order valence-electron chi connectivity index (χ1n) is 3.93. The third kappa shape index (κ3) is 1.52. The van der Waals surface area contributed by atoms with Gasteiger partial charge >= 0.3 is 7.12 Å². The highest BCUT2D eigenvalue weighted by Crippen LogP contribution is 2.33. The van der Waals surface area contributed by atoms with Crippen molar-refractivity contribution in [3.63, 3.8) is 0 Å². The fourth-order valence-corrected chi connectivity index (χ4v) is 3.25. The van der Waals surface area contributed by atoms with Crippen LogP contribution in [0.25, 0.3) is 10.1 Å². The van der Waals surface area contributed by atoms with Crippen molar-refractivity contribution in [2.45, 2.75) is 0 Å². The molecule has 2 rings (SSSR count). The zero-order valence-electron chi connectivity index (χ0n) is 7.07. The Morgan fingerprint density at radius 2 is 2.07 bits per heavy atom. The molecule has 0 bridgehead atoms. The molecule has 0 saturated carbocycles. The largest absolute Gasteiger partial charge is 0.489 e. The van der Waals surface area contributed by atoms with Gasteiger partial charge in [0.1, 0.15) is 0 Å². The number of hydrogen-bond acceptors (Lipinski definition) is 4. The quantitative estimate of drug-likeness (QED) is 0.537. The van der Waals surface area contributed by atoms with Crippen LogP contribution in [0.5, 0.6) is 0 Å². The molecule has 3 nitrogen and oxygen atoms in total. The Kier molecular flexibility index (Phi) is 2.69. The molecule has 0 aliphatic carbocycles. The number of nitrogens with two attached hydrogens (primary N) is 1. The van der Waals surface area contributed by atoms with Crippen LogP contribution in [-0.4, -0.2) is 17.2 Å². The molecule has 0 aliphatic rings. The molecule has 0 radical (unpaired) electrons. The zero-order chi connectivity index (χ0) is 10.3. The molecule has 0 fully saturated rings. The van der Waals surface area contributed by atoms with E-state index in [1.807, 2.05) is 6.07 Å². The number of hydrogen-bond donors (Lipinski definition) is 3. The van der Waals surface area contributed by atoms with Crippen molar-refractivity contribution >= 4 is 62.3 Å². The highest BCUT2D eigenvalue weighted by Gasteiger charge is 2.18. The maximum Gasteiger partial charge on any atom is 0.489 e. The van der Waals surface area contributed by atoms with E-state index >= 15 is 0 Å². The number of benzene rings is 1. The maximum absolute atomic E-state index is 9.16. The van der Waals surface area contributed by atoms with Gasteiger partial charge in [0.15, 0.2) is 0 Å². The predicted molar refractivity (Wildman–Crippen MR) is 68.8 cm³/mol. The number of rotatable bonds is 1. The summed E-state index contributed by atoms with van der Waals surface area (Å²) >= 11 is 3.70. The molecule has 0 unspecified atom stereocenters. The summed E-state index contributed by atoms with van der Waals surface area (Å²) < 4.78 is 1.96. The molecule has 0 amide bonds. The minimum Gasteiger partial charge on any atom is -0.423 e. The second kappa shape index (κ2) is 3.69. The molecule has 6 heteroatoms. The molecule has 0 saturated heterocycles. The van der Waals surface area contributed by atoms with Gasteiger partial charge in [-0.15, -0.1) is 11.3 Å². The van der Waals surface area contributed by atoms with Crippen molar-refractivity contribution in [3.8, 4) is 0 Å². The van der Waals surface area contributed by atoms with Gasteiger partial charge in [-0.2, -0.15) is 0 Å². The minimum atomic E-state index is -1.47. The summed E-state index contributed by atoms with van der Waals surface area (Å²) in [5.41, 5.74) is 6.96. The van der Waals surface area contributed by atoms with E-state index in [0.29, 0.717) is 11.2 Å². The van der Waals surface area contributed by atoms with Gasteiger partial charge in [0, 0.05) is 10.1 Å². The molecule has 0 aliphatic heterocycles. The van der Waals surface area contributed by atoms with Crippen LogP contribution in [0.3, 0.4) is 0 Å². The summed E-state index contributed by atoms with van der Waals surface area (Å²) in [5.74, 6) is 0. The van der Waals surface area contributed by atoms with Crippen LogP contribution < -0.4 is 11.2 Å². The van der Waals surface area contributed by atoms with E-state index in [-0.39, 0.29) is 0 Å². The summed E-state index contributed by atoms with van der Waals surface area (Å²) in [6.07, 6.45) is 0. The van der Waals surface area contributed by atoms with Crippen molar-refractivity contribution in [1.82, 2.24) is 0 Å². The van der Waals surface area contributed by atoms with Gasteiger partial charge in [-0.1, -0.05) is 12.1 Å². The molecule has 0 spiro atoms. The lowest BCUT2D eigenvalue weighted by molar-refractivity contribution is 0.426. The van der Waals surface area contributed by atoms with Gasteiger partial charge in [-0.05, 0) is 34.1 Å². The monoisotopic (exact) mass is 319 g/mol. The van der Waals surface area contributed by atoms with Crippen LogP contribution in [-0.2, 0) is 0 Å². The maximum atomic E-state index is 9.16. The average molecular weight is 319 g/mol. The Labute approximate surface area is 98.8 Å². The molecule has 14 heavy (non-hydrogen) atoms. The second-order valence-corrected chi connectivity index (χ2v) is 5.75. The van der Waals surface area contributed by atoms with Gasteiger partial charge in [0.25, 0.3) is 0 Å². The molecular weight excluding hydrogens is 312 g/mol. The molecular formula is C8H7BINO2S. The number of fused-ring (bicyclic) bond motifs is 1. The van der Waals surface area contributed by atoms with Crippen LogP contribution >= 0.6 is 33.9 Å². The van der Waals surface area contributed by atoms with E-state index < -0.39 is 7.12 Å². The lowest BCUT2D eigenvalue weighted by atomic mass is 9.78. The van der Waals surface area contributed by atoms with E-state index in [1.165, 1.54) is 0 Å². The smallest absolute Gasteiger partial charge is 0.423 e. The fourth-order valence-electron chi connectivity index (χ4n) is 1.39. The Bertz CT molecular complexity index is 485. The normalized spacial score (nSPS) is 10.8. The van der Waals surface area contributed by atoms with Crippen LogP contribution in [0.2, 0.25) is 0 Å². The number of halogens is 1. The predicted octanol–water partition coefficient (Wildman–Crippen LogP) is 0.768. The summed E-state index contributed by atoms with van der Waals surface area (Å²) in [5, 5.41) is 19.1. The molecule has 1 aromatic carbocycles. The van der Waals surface area contributed by atoms with Crippen LogP contribution in [0, 0.1) is 2.88 Å². The highest BCUT2D eigenvalue weighted by atomic mass is 127. The van der Waals surface area contributed by atoms with E-state index in [2.05, 4.69) is 22.6 Å². The van der Waals surface area contributed by atoms with Crippen molar-refractivity contribution < 1.29 is 10.0 Å². The summed E-state index contributed by atoms with van der Waals surface area (Å²) in [6, 6.07) is 5.39. The first-order valence-corrected chi connectivity index (χ1v) is 5.83. The van der Waals surface area contributed by atoms with Gasteiger partial charge < -0.3 is 15.8 Å². The molecule has 2 aromatic rings. The topological polar surface area (TPSA) is 66.5 Å². The average Bonchev–Trinajstić information content (AvgIpc) is 2.43. The summed E-state index contributed by atoms with van der Waals surface area (Å²) in [7, 11) is -1.47. The molecule has 72 valence electrons. The van der Waals surface area contributed by atoms with E-state index in [9.17, 15) is 0 Å². The van der Waals surface area contributed by atoms with E-state index in [1.54, 1.807) is 23.5 Å². The third-order valence-corrected chi connectivity index (χ3v) is 4.22. The van der Waals surface area contributed by atoms with Gasteiger partial charge in [0.2, 0.25) is 0 Å². The van der Waals surface area contributed by atoms with Crippen LogP contribution in [0.4, 0.5) is 5.69 Å². The van der Waals surface area contributed by atoms with Crippen LogP contribution in [0.15, 0.2) is 18.2 Å². The van der Waals surface area contributed by atoms with Crippen molar-refractivity contribution in [2.24, 2.45) is 0 Å². The van der Waals surface area contributed by atoms with Crippen molar-refractivity contribution in [3.05, 3.63) is 21.1 Å². The van der Waals surface area contributed by atoms with E-state index in [0.717, 1.165) is 13.0 Å². The lowest BCUT2D eigenvalue weighted by Crippen LogP contribution is -2.30. The van der Waals surface area contributed by atoms with Crippen LogP contribution in [0.1, 0.15) is 0 Å². The standard InChI is InChI=1S/C8H7BINO2S/c10-8-7(11)6-4(9(12)13)2-1-3-5(6)14-8/h1-3,12-13H,11H2. The van der Waals surface area contributed by atoms with E-state index in [4.69, 9.17) is 15.8 Å². The fraction of sp³-hybridized carbons (Fsp3) is 0. The Morgan fingerprint density at radius 1 is 1.36 bits per heavy atom. The summed E-state index contributed by atoms with van der Waals surface area (Å²) in [6.45, 7) is 0. The molecule has 4 N–H and O–H groups in total. The third-order valence-electron chi connectivity index (χ3n) is 2.02. The number of anilines is 1. The Morgan fingerprint density at radius 3 is 2.71 bits per heavy atom. The first-order chi connectivity index (χ1) is 6.61. The lowest BCUT2D eigenvalue weighted by Gasteiger charge is -2.01. The molecule has 1 heterocycles. The Hall–Kier alpha value is -0.305. The van der Waals surface area contributed by atoms with Crippen molar-refractivity contribution in [2.75, 3.05) is 5.73 Å². The number of nitrogen functional groups attached to an aromatic ring is 1. The van der Waals surface area contributed by atoms with Crippen molar-refractivity contribution in [1.29, 1.82) is 0 Å². The first kappa shape index (κ1) is 10.2. The second-order valence-electron chi connectivity index (χ2n) is 2.88. The van der Waals surface area contributed by atoms with Gasteiger partial charge in [0.05, 0.1) is 8.57 Å². The van der Waals surface area contributed by atoms with Gasteiger partial charge in [-0.3, -0.25) is 0 Å². The SMILES string of the molecule is Nc1c(I)sc2cccc(B(O)O)c12. The zero-order valence-corrected chi connectivity index (χ0v) is 10.0. The Balaban J connectivity index is 2.84. The summed E-state index contributed by atoms with van der Waals surface area (Å²) in [4.78, 5) is 0. The van der Waals surface area contributed by atoms with Gasteiger partial charge in [-0.25, -0.2) is 0 Å². The highest BCUT2D eigenvalue weighted by molar-refractivity contribution is 14.1.